The number of Topliss-reactive ketones (excluding diaryl/α,β-unsaturated/α-hetero) is 1. The largest absolute Gasteiger partial charge is 0.481 e. The van der Waals surface area contributed by atoms with E-state index >= 15 is 0 Å². The van der Waals surface area contributed by atoms with Crippen LogP contribution >= 0.6 is 0 Å². The molecular weight excluding hydrogens is 601 g/mol. The van der Waals surface area contributed by atoms with Crippen LogP contribution in [0, 0.1) is 39.2 Å². The lowest BCUT2D eigenvalue weighted by molar-refractivity contribution is -0.525. The summed E-state index contributed by atoms with van der Waals surface area (Å²) in [5.41, 5.74) is 6.96. The summed E-state index contributed by atoms with van der Waals surface area (Å²) in [6.45, 7) is 10.8. The van der Waals surface area contributed by atoms with Crippen LogP contribution in [0.3, 0.4) is 0 Å². The Hall–Kier alpha value is -3.04. The Morgan fingerprint density at radius 2 is 1.89 bits per heavy atom. The lowest BCUT2D eigenvalue weighted by Crippen LogP contribution is -2.65. The lowest BCUT2D eigenvalue weighted by atomic mass is 9.43. The maximum absolute atomic E-state index is 13.8. The molecule has 3 saturated carbocycles. The maximum Gasteiger partial charge on any atom is 0.481 e. The van der Waals surface area contributed by atoms with Crippen molar-refractivity contribution in [1.82, 2.24) is 10.7 Å². The fourth-order valence-electron chi connectivity index (χ4n) is 7.37. The minimum atomic E-state index is -3.89. The van der Waals surface area contributed by atoms with E-state index < -0.39 is 56.9 Å². The van der Waals surface area contributed by atoms with Crippen molar-refractivity contribution in [3.05, 3.63) is 40.4 Å². The number of nitrogens with zero attached hydrogens (tertiary/aromatic N) is 2. The number of guanidine groups is 1. The van der Waals surface area contributed by atoms with Gasteiger partial charge in [-0.05, 0) is 74.3 Å². The van der Waals surface area contributed by atoms with E-state index in [9.17, 15) is 28.1 Å². The molecule has 5 rings (SSSR count). The van der Waals surface area contributed by atoms with Crippen molar-refractivity contribution in [1.29, 1.82) is 0 Å². The van der Waals surface area contributed by atoms with E-state index in [1.807, 2.05) is 13.8 Å². The number of nitro groups is 1. The summed E-state index contributed by atoms with van der Waals surface area (Å²) in [7, 11) is -4.55. The van der Waals surface area contributed by atoms with Crippen molar-refractivity contribution in [3.8, 4) is 0 Å². The van der Waals surface area contributed by atoms with Gasteiger partial charge in [-0.25, -0.2) is 23.5 Å². The Labute approximate surface area is 265 Å². The summed E-state index contributed by atoms with van der Waals surface area (Å²) in [4.78, 5) is 41.4. The highest BCUT2D eigenvalue weighted by atomic mass is 32.2. The van der Waals surface area contributed by atoms with Crippen LogP contribution in [-0.4, -0.2) is 68.2 Å². The molecule has 3 aliphatic carbocycles. The Morgan fingerprint density at radius 3 is 2.51 bits per heavy atom. The zero-order valence-electron chi connectivity index (χ0n) is 26.7. The zero-order valence-corrected chi connectivity index (χ0v) is 27.5. The summed E-state index contributed by atoms with van der Waals surface area (Å²) < 4.78 is 38.9. The molecule has 45 heavy (non-hydrogen) atoms. The van der Waals surface area contributed by atoms with E-state index in [1.165, 1.54) is 12.1 Å². The Balaban J connectivity index is 1.47. The van der Waals surface area contributed by atoms with E-state index in [4.69, 9.17) is 15.0 Å². The molecule has 1 aromatic carbocycles. The third kappa shape index (κ3) is 8.04. The van der Waals surface area contributed by atoms with Gasteiger partial charge in [0.25, 0.3) is 5.96 Å². The highest BCUT2D eigenvalue weighted by Crippen LogP contribution is 2.65. The van der Waals surface area contributed by atoms with Gasteiger partial charge in [-0.15, -0.1) is 0 Å². The van der Waals surface area contributed by atoms with Gasteiger partial charge in [0.05, 0.1) is 22.5 Å². The molecule has 4 N–H and O–H groups in total. The van der Waals surface area contributed by atoms with Crippen LogP contribution in [0.5, 0.6) is 0 Å². The number of carbonyl (C=O) groups is 2. The molecule has 15 heteroatoms. The Bertz CT molecular complexity index is 1390. The number of amides is 1. The number of aliphatic imine (C=N–C) groups is 1. The molecule has 4 aliphatic rings. The molecule has 0 radical (unpaired) electrons. The molecule has 0 spiro atoms. The summed E-state index contributed by atoms with van der Waals surface area (Å²) in [5, 5.41) is 12.9. The highest BCUT2D eigenvalue weighted by molar-refractivity contribution is 7.92. The predicted octanol–water partition coefficient (Wildman–Crippen LogP) is 2.71. The van der Waals surface area contributed by atoms with Crippen molar-refractivity contribution in [3.63, 3.8) is 0 Å². The van der Waals surface area contributed by atoms with Gasteiger partial charge in [-0.1, -0.05) is 51.3 Å². The fourth-order valence-corrected chi connectivity index (χ4v) is 8.65. The molecule has 4 fully saturated rings. The van der Waals surface area contributed by atoms with Crippen molar-refractivity contribution in [2.75, 3.05) is 12.3 Å². The van der Waals surface area contributed by atoms with Gasteiger partial charge in [0, 0.05) is 18.9 Å². The second-order valence-electron chi connectivity index (χ2n) is 13.9. The number of hydrogen-bond donors (Lipinski definition) is 3. The van der Waals surface area contributed by atoms with Gasteiger partial charge in [0.15, 0.2) is 14.9 Å². The average molecular weight is 648 g/mol. The van der Waals surface area contributed by atoms with Crippen LogP contribution < -0.4 is 16.5 Å². The molecule has 0 unspecified atom stereocenters. The topological polar surface area (TPSA) is 192 Å². The van der Waals surface area contributed by atoms with Crippen LogP contribution in [-0.2, 0) is 28.7 Å². The molecule has 0 aromatic heterocycles. The summed E-state index contributed by atoms with van der Waals surface area (Å²) in [6.07, 6.45) is 2.66. The molecule has 1 aliphatic heterocycles. The minimum absolute atomic E-state index is 0.0334. The standard InChI is InChI=1S/C30H46BN5O8S/c1-19(2)14-26(31-43-25-17-21-16-24(29(21,3)4)30(25,5)44-31)34-27(38)20(10-9-13-33-28(32)35-36(39)40)15-22(37)18-45(41,42)23-11-7-6-8-12-23/h6-8,11-12,19-21,24-26H,9-10,13-18H2,1-5H3,(H,34,38)(H3,32,33,35)/t20-,21+,24+,25-,26+,30+/m1/s1. The summed E-state index contributed by atoms with van der Waals surface area (Å²) in [5.74, 6) is -2.35. The van der Waals surface area contributed by atoms with Crippen molar-refractivity contribution in [2.24, 2.45) is 39.8 Å². The molecule has 1 heterocycles. The number of nitrogens with one attached hydrogen (secondary N) is 2. The Kier molecular flexibility index (Phi) is 10.6. The first-order chi connectivity index (χ1) is 21.0. The fraction of sp³-hybridized carbons (Fsp3) is 0.700. The van der Waals surface area contributed by atoms with Crippen LogP contribution in [0.1, 0.15) is 73.1 Å². The van der Waals surface area contributed by atoms with E-state index in [-0.39, 0.29) is 54.1 Å². The smallest absolute Gasteiger partial charge is 0.404 e. The third-order valence-electron chi connectivity index (χ3n) is 9.85. The van der Waals surface area contributed by atoms with Gasteiger partial charge in [0.1, 0.15) is 11.5 Å². The average Bonchev–Trinajstić information content (AvgIpc) is 3.31. The number of rotatable bonds is 15. The van der Waals surface area contributed by atoms with Crippen LogP contribution in [0.15, 0.2) is 40.2 Å². The quantitative estimate of drug-likeness (QED) is 0.0637. The third-order valence-corrected chi connectivity index (χ3v) is 11.5. The molecule has 1 saturated heterocycles. The monoisotopic (exact) mass is 647 g/mol. The van der Waals surface area contributed by atoms with E-state index in [0.717, 1.165) is 12.8 Å². The molecule has 1 amide bonds. The molecular formula is C30H46BN5O8S. The van der Waals surface area contributed by atoms with Gasteiger partial charge in [-0.3, -0.25) is 9.59 Å². The van der Waals surface area contributed by atoms with Crippen LogP contribution in [0.25, 0.3) is 0 Å². The zero-order chi connectivity index (χ0) is 33.2. The number of carbonyl (C=O) groups excluding carboxylic acids is 2. The number of hydrazine groups is 1. The predicted molar refractivity (Wildman–Crippen MR) is 169 cm³/mol. The number of nitrogens with two attached hydrogens (primary N) is 1. The van der Waals surface area contributed by atoms with E-state index in [1.54, 1.807) is 23.6 Å². The summed E-state index contributed by atoms with van der Waals surface area (Å²) in [6, 6.07) is 7.69. The number of sulfone groups is 1. The maximum atomic E-state index is 13.8. The lowest BCUT2D eigenvalue weighted by Gasteiger charge is -2.64. The first kappa shape index (κ1) is 34.8. The minimum Gasteiger partial charge on any atom is -0.404 e. The van der Waals surface area contributed by atoms with Crippen LogP contribution in [0.2, 0.25) is 0 Å². The SMILES string of the molecule is CC(C)C[C@H](NC(=O)[C@H](CCCN=C(N)N[N+](=O)[O-])CC(=O)CS(=O)(=O)c1ccccc1)B1O[C@@H]2C[C@@H]3C[C@@H](C3(C)C)[C@]2(C)O1. The van der Waals surface area contributed by atoms with Crippen molar-refractivity contribution >= 4 is 34.6 Å². The molecule has 13 nitrogen and oxygen atoms in total. The van der Waals surface area contributed by atoms with Gasteiger partial charge in [-0.2, -0.15) is 0 Å². The second-order valence-corrected chi connectivity index (χ2v) is 15.9. The molecule has 248 valence electrons. The first-order valence-corrected chi connectivity index (χ1v) is 17.3. The van der Waals surface area contributed by atoms with Gasteiger partial charge < -0.3 is 20.4 Å². The number of hydrogen-bond acceptors (Lipinski definition) is 9. The van der Waals surface area contributed by atoms with Crippen molar-refractivity contribution < 1.29 is 32.3 Å². The second kappa shape index (κ2) is 13.8. The number of benzene rings is 1. The normalized spacial score (nSPS) is 26.8. The highest BCUT2D eigenvalue weighted by Gasteiger charge is 2.68. The number of ketones is 1. The van der Waals surface area contributed by atoms with E-state index in [0.29, 0.717) is 18.3 Å². The Morgan fingerprint density at radius 1 is 1.20 bits per heavy atom. The molecule has 6 atom stereocenters. The van der Waals surface area contributed by atoms with Gasteiger partial charge in [0.2, 0.25) is 5.91 Å². The molecule has 1 aromatic rings. The first-order valence-electron chi connectivity index (χ1n) is 15.7. The van der Waals surface area contributed by atoms with Gasteiger partial charge >= 0.3 is 7.12 Å². The molecule has 2 bridgehead atoms. The van der Waals surface area contributed by atoms with E-state index in [2.05, 4.69) is 31.1 Å². The van der Waals surface area contributed by atoms with Crippen LogP contribution in [0.4, 0.5) is 0 Å². The van der Waals surface area contributed by atoms with Crippen molar-refractivity contribution in [2.45, 2.75) is 95.7 Å². The summed E-state index contributed by atoms with van der Waals surface area (Å²) >= 11 is 0.